The largest absolute Gasteiger partial charge is 0.462 e. The fraction of sp³-hybridized carbons (Fsp3) is 0.609. The summed E-state index contributed by atoms with van der Waals surface area (Å²) in [7, 11) is 0. The average molecular weight is 1040 g/mol. The molecule has 0 rings (SSSR count). The van der Waals surface area contributed by atoms with Crippen LogP contribution in [0.1, 0.15) is 252 Å². The number of carbonyl (C=O) groups is 3. The first kappa shape index (κ1) is 70.3. The smallest absolute Gasteiger partial charge is 0.309 e. The third kappa shape index (κ3) is 60.0. The van der Waals surface area contributed by atoms with E-state index in [2.05, 4.69) is 154 Å². The van der Waals surface area contributed by atoms with Crippen molar-refractivity contribution in [3.05, 3.63) is 146 Å². The van der Waals surface area contributed by atoms with E-state index >= 15 is 0 Å². The van der Waals surface area contributed by atoms with Crippen LogP contribution >= 0.6 is 0 Å². The molecule has 0 saturated carbocycles. The summed E-state index contributed by atoms with van der Waals surface area (Å²) in [6.45, 7) is 6.20. The molecule has 75 heavy (non-hydrogen) atoms. The summed E-state index contributed by atoms with van der Waals surface area (Å²) in [6, 6.07) is 0. The Kier molecular flexibility index (Phi) is 58.0. The molecule has 1 unspecified atom stereocenters. The van der Waals surface area contributed by atoms with E-state index in [1.807, 2.05) is 6.08 Å². The van der Waals surface area contributed by atoms with Crippen LogP contribution in [0.15, 0.2) is 146 Å². The Labute approximate surface area is 461 Å². The van der Waals surface area contributed by atoms with Crippen molar-refractivity contribution in [3.8, 4) is 0 Å². The Balaban J connectivity index is 4.43. The van der Waals surface area contributed by atoms with Crippen molar-refractivity contribution in [1.29, 1.82) is 0 Å². The SMILES string of the molecule is CC/C=C\C/C=C\C/C=C\C/C=C\C/C=C\CC(=O)OCC(COC(=O)CCCCCCCCCCCCCC/C=C\C/C=C\C/C=C\C/C=C\CC)OC(=O)CCCCCCCCC/C=C\C/C=C\C/C=C\CC. The first-order chi connectivity index (χ1) is 37.0. The van der Waals surface area contributed by atoms with Crippen LogP contribution in [0, 0.1) is 0 Å². The van der Waals surface area contributed by atoms with Crippen molar-refractivity contribution in [2.75, 3.05) is 13.2 Å². The van der Waals surface area contributed by atoms with Gasteiger partial charge in [-0.1, -0.05) is 263 Å². The van der Waals surface area contributed by atoms with Crippen molar-refractivity contribution in [3.63, 3.8) is 0 Å². The normalized spacial score (nSPS) is 13.2. The molecule has 0 amide bonds. The zero-order valence-electron chi connectivity index (χ0n) is 48.3. The number of hydrogen-bond donors (Lipinski definition) is 0. The maximum absolute atomic E-state index is 12.9. The second kappa shape index (κ2) is 61.8. The molecule has 6 nitrogen and oxygen atoms in total. The number of rotatable bonds is 53. The van der Waals surface area contributed by atoms with Crippen LogP contribution in [-0.2, 0) is 28.6 Å². The summed E-state index contributed by atoms with van der Waals surface area (Å²) in [5.41, 5.74) is 0. The first-order valence-corrected chi connectivity index (χ1v) is 30.3. The second-order valence-electron chi connectivity index (χ2n) is 19.5. The maximum Gasteiger partial charge on any atom is 0.309 e. The molecule has 0 aliphatic heterocycles. The molecule has 0 heterocycles. The van der Waals surface area contributed by atoms with E-state index in [9.17, 15) is 14.4 Å². The molecule has 0 aliphatic carbocycles. The number of esters is 3. The maximum atomic E-state index is 12.9. The minimum absolute atomic E-state index is 0.118. The third-order valence-electron chi connectivity index (χ3n) is 12.4. The zero-order valence-corrected chi connectivity index (χ0v) is 48.3. The van der Waals surface area contributed by atoms with Crippen LogP contribution in [0.3, 0.4) is 0 Å². The molecule has 0 N–H and O–H groups in total. The molecule has 422 valence electrons. The van der Waals surface area contributed by atoms with E-state index < -0.39 is 12.1 Å². The molecule has 0 bridgehead atoms. The van der Waals surface area contributed by atoms with Gasteiger partial charge in [-0.05, 0) is 116 Å². The monoisotopic (exact) mass is 1030 g/mol. The van der Waals surface area contributed by atoms with E-state index in [0.29, 0.717) is 12.8 Å². The first-order valence-electron chi connectivity index (χ1n) is 30.3. The molecule has 0 aromatic heterocycles. The molecule has 0 radical (unpaired) electrons. The van der Waals surface area contributed by atoms with Crippen LogP contribution in [-0.4, -0.2) is 37.2 Å². The van der Waals surface area contributed by atoms with Gasteiger partial charge in [-0.25, -0.2) is 0 Å². The van der Waals surface area contributed by atoms with Gasteiger partial charge in [0, 0.05) is 12.8 Å². The van der Waals surface area contributed by atoms with E-state index in [-0.39, 0.29) is 31.6 Å². The van der Waals surface area contributed by atoms with Gasteiger partial charge in [-0.15, -0.1) is 0 Å². The van der Waals surface area contributed by atoms with Crippen LogP contribution < -0.4 is 0 Å². The van der Waals surface area contributed by atoms with Crippen molar-refractivity contribution in [1.82, 2.24) is 0 Å². The fourth-order valence-corrected chi connectivity index (χ4v) is 7.93. The molecule has 0 aliphatic rings. The molecule has 0 aromatic carbocycles. The van der Waals surface area contributed by atoms with Gasteiger partial charge in [-0.3, -0.25) is 14.4 Å². The highest BCUT2D eigenvalue weighted by Gasteiger charge is 2.19. The third-order valence-corrected chi connectivity index (χ3v) is 12.4. The lowest BCUT2D eigenvalue weighted by molar-refractivity contribution is -0.166. The van der Waals surface area contributed by atoms with Crippen LogP contribution in [0.25, 0.3) is 0 Å². The molecular weight excluding hydrogens is 925 g/mol. The lowest BCUT2D eigenvalue weighted by Gasteiger charge is -2.18. The number of allylic oxidation sites excluding steroid dienone is 23. The topological polar surface area (TPSA) is 78.9 Å². The summed E-state index contributed by atoms with van der Waals surface area (Å²) in [5.74, 6) is -1.07. The second-order valence-corrected chi connectivity index (χ2v) is 19.5. The molecular formula is C69H110O6. The predicted octanol–water partition coefficient (Wildman–Crippen LogP) is 20.8. The molecule has 0 aromatic rings. The Morgan fingerprint density at radius 1 is 0.280 bits per heavy atom. The van der Waals surface area contributed by atoms with E-state index in [1.165, 1.54) is 83.5 Å². The minimum Gasteiger partial charge on any atom is -0.462 e. The van der Waals surface area contributed by atoms with E-state index in [4.69, 9.17) is 14.2 Å². The highest BCUT2D eigenvalue weighted by Crippen LogP contribution is 2.15. The van der Waals surface area contributed by atoms with Crippen molar-refractivity contribution >= 4 is 17.9 Å². The summed E-state index contributed by atoms with van der Waals surface area (Å²) in [4.78, 5) is 38.2. The fourth-order valence-electron chi connectivity index (χ4n) is 7.93. The van der Waals surface area contributed by atoms with Gasteiger partial charge in [0.1, 0.15) is 13.2 Å². The molecule has 6 heteroatoms. The Hall–Kier alpha value is -4.71. The van der Waals surface area contributed by atoms with Crippen LogP contribution in [0.5, 0.6) is 0 Å². The molecule has 1 atom stereocenters. The van der Waals surface area contributed by atoms with Crippen molar-refractivity contribution in [2.24, 2.45) is 0 Å². The van der Waals surface area contributed by atoms with Crippen LogP contribution in [0.2, 0.25) is 0 Å². The Morgan fingerprint density at radius 2 is 0.533 bits per heavy atom. The summed E-state index contributed by atoms with van der Waals surface area (Å²) in [5, 5.41) is 0. The number of hydrogen-bond acceptors (Lipinski definition) is 6. The molecule has 0 spiro atoms. The molecule has 0 fully saturated rings. The number of ether oxygens (including phenoxy) is 3. The standard InChI is InChI=1S/C69H110O6/c1-4-7-10-13-16-19-22-25-28-30-31-32-33-34-35-36-37-39-41-44-47-50-53-56-59-62-68(71)74-65-66(64-73-67(70)61-58-55-52-49-46-43-40-27-24-21-18-15-12-9-6-3)75-69(72)63-60-57-54-51-48-45-42-38-29-26-23-20-17-14-11-8-5-2/h7-12,16-21,25-29,31-32,40,46,49,55,58,66H,4-6,13-15,22-24,30,33-39,41-45,47-48,50-54,56-57,59-65H2,1-3H3/b10-7-,11-8-,12-9-,19-16-,20-17-,21-18-,28-25-,29-26-,32-31-,40-27-,49-46-,58-55-. The summed E-state index contributed by atoms with van der Waals surface area (Å²) >= 11 is 0. The van der Waals surface area contributed by atoms with E-state index in [0.717, 1.165) is 128 Å². The van der Waals surface area contributed by atoms with Gasteiger partial charge in [0.15, 0.2) is 6.10 Å². The van der Waals surface area contributed by atoms with Gasteiger partial charge in [-0.2, -0.15) is 0 Å². The van der Waals surface area contributed by atoms with Gasteiger partial charge < -0.3 is 14.2 Å². The number of carbonyl (C=O) groups excluding carboxylic acids is 3. The Bertz CT molecular complexity index is 1660. The van der Waals surface area contributed by atoms with Gasteiger partial charge in [0.2, 0.25) is 0 Å². The lowest BCUT2D eigenvalue weighted by Crippen LogP contribution is -2.30. The highest BCUT2D eigenvalue weighted by atomic mass is 16.6. The number of unbranched alkanes of at least 4 members (excludes halogenated alkanes) is 19. The van der Waals surface area contributed by atoms with Crippen molar-refractivity contribution < 1.29 is 28.6 Å². The van der Waals surface area contributed by atoms with Gasteiger partial charge in [0.05, 0.1) is 6.42 Å². The minimum atomic E-state index is -0.831. The highest BCUT2D eigenvalue weighted by molar-refractivity contribution is 5.72. The summed E-state index contributed by atoms with van der Waals surface area (Å²) in [6.07, 6.45) is 88.7. The van der Waals surface area contributed by atoms with Gasteiger partial charge in [0.25, 0.3) is 0 Å². The van der Waals surface area contributed by atoms with E-state index in [1.54, 1.807) is 6.08 Å². The zero-order chi connectivity index (χ0) is 54.3. The van der Waals surface area contributed by atoms with Crippen LogP contribution in [0.4, 0.5) is 0 Å². The predicted molar refractivity (Wildman–Crippen MR) is 325 cm³/mol. The quantitative estimate of drug-likeness (QED) is 0.0261. The van der Waals surface area contributed by atoms with Crippen molar-refractivity contribution in [2.45, 2.75) is 258 Å². The van der Waals surface area contributed by atoms with Gasteiger partial charge >= 0.3 is 17.9 Å². The Morgan fingerprint density at radius 3 is 0.867 bits per heavy atom. The average Bonchev–Trinajstić information content (AvgIpc) is 3.41. The molecule has 0 saturated heterocycles. The summed E-state index contributed by atoms with van der Waals surface area (Å²) < 4.78 is 16.8. The lowest BCUT2D eigenvalue weighted by atomic mass is 10.0.